The molecule has 1 aromatic heterocycles. The van der Waals surface area contributed by atoms with Gasteiger partial charge >= 0.3 is 0 Å². The number of ether oxygens (including phenoxy) is 1. The van der Waals surface area contributed by atoms with Crippen LogP contribution in [-0.2, 0) is 14.6 Å². The normalized spacial score (nSPS) is 11.1. The molecule has 1 amide bonds. The van der Waals surface area contributed by atoms with E-state index in [0.29, 0.717) is 51.9 Å². The van der Waals surface area contributed by atoms with Crippen molar-refractivity contribution in [3.8, 4) is 5.75 Å². The van der Waals surface area contributed by atoms with Crippen LogP contribution in [0.15, 0.2) is 64.6 Å². The maximum atomic E-state index is 12.9. The van der Waals surface area contributed by atoms with Gasteiger partial charge in [-0.2, -0.15) is 4.98 Å². The number of benzene rings is 2. The van der Waals surface area contributed by atoms with E-state index in [-0.39, 0.29) is 10.8 Å². The molecule has 0 saturated heterocycles. The third-order valence-corrected chi connectivity index (χ3v) is 8.09. The van der Waals surface area contributed by atoms with Crippen LogP contribution in [0.1, 0.15) is 13.8 Å². The van der Waals surface area contributed by atoms with Gasteiger partial charge in [-0.15, -0.1) is 0 Å². The molecular formula is C25H30BrN7O4S. The number of para-hydroxylation sites is 1. The lowest BCUT2D eigenvalue weighted by Crippen LogP contribution is -2.16. The van der Waals surface area contributed by atoms with E-state index in [4.69, 9.17) is 10.5 Å². The van der Waals surface area contributed by atoms with Gasteiger partial charge in [-0.1, -0.05) is 18.7 Å². The topological polar surface area (TPSA) is 160 Å². The van der Waals surface area contributed by atoms with Crippen LogP contribution in [0.2, 0.25) is 0 Å². The van der Waals surface area contributed by atoms with E-state index in [9.17, 15) is 13.2 Å². The van der Waals surface area contributed by atoms with E-state index in [1.54, 1.807) is 50.2 Å². The standard InChI is InChI=1S/C25H30BrN7O4S/c1-5-23(34)30-19-12-20(21(37-4)13-18(19)28-11-10-27)32-25-29-14-16(26)24(33-25)31-17-8-6-7-9-22(17)38(35,36)15(2)3/h5-9,12-15,28H,1,10-11,27H2,2-4H3,(H,30,34)(H2,29,31,32,33). The summed E-state index contributed by atoms with van der Waals surface area (Å²) < 4.78 is 31.8. The molecule has 2 aromatic carbocycles. The smallest absolute Gasteiger partial charge is 0.247 e. The van der Waals surface area contributed by atoms with Crippen molar-refractivity contribution in [3.63, 3.8) is 0 Å². The molecule has 0 bridgehead atoms. The number of anilines is 6. The minimum Gasteiger partial charge on any atom is -0.494 e. The highest BCUT2D eigenvalue weighted by molar-refractivity contribution is 9.10. The van der Waals surface area contributed by atoms with E-state index in [2.05, 4.69) is 53.7 Å². The average Bonchev–Trinajstić information content (AvgIpc) is 2.90. The number of hydrogen-bond acceptors (Lipinski definition) is 10. The number of sulfone groups is 1. The number of methoxy groups -OCH3 is 1. The van der Waals surface area contributed by atoms with Crippen LogP contribution in [0, 0.1) is 0 Å². The Morgan fingerprint density at radius 1 is 1.16 bits per heavy atom. The Morgan fingerprint density at radius 2 is 1.89 bits per heavy atom. The number of nitrogens with two attached hydrogens (primary N) is 1. The zero-order valence-electron chi connectivity index (χ0n) is 21.2. The van der Waals surface area contributed by atoms with Gasteiger partial charge in [0.2, 0.25) is 11.9 Å². The zero-order chi connectivity index (χ0) is 27.9. The largest absolute Gasteiger partial charge is 0.494 e. The predicted molar refractivity (Wildman–Crippen MR) is 154 cm³/mol. The third kappa shape index (κ3) is 6.79. The van der Waals surface area contributed by atoms with Crippen LogP contribution in [0.25, 0.3) is 0 Å². The molecule has 0 unspecified atom stereocenters. The van der Waals surface area contributed by atoms with Gasteiger partial charge in [0.1, 0.15) is 11.6 Å². The van der Waals surface area contributed by atoms with E-state index in [1.165, 1.54) is 13.3 Å². The van der Waals surface area contributed by atoms with Crippen molar-refractivity contribution in [1.82, 2.24) is 9.97 Å². The Hall–Kier alpha value is -3.68. The van der Waals surface area contributed by atoms with Crippen LogP contribution in [-0.4, -0.2) is 49.7 Å². The Bertz CT molecular complexity index is 1430. The van der Waals surface area contributed by atoms with Gasteiger partial charge in [0.15, 0.2) is 9.84 Å². The van der Waals surface area contributed by atoms with Crippen LogP contribution in [0.3, 0.4) is 0 Å². The SMILES string of the molecule is C=CC(=O)Nc1cc(Nc2ncc(Br)c(Nc3ccccc3S(=O)(=O)C(C)C)n2)c(OC)cc1NCCN. The molecule has 0 aliphatic heterocycles. The molecule has 0 fully saturated rings. The first-order valence-electron chi connectivity index (χ1n) is 11.6. The van der Waals surface area contributed by atoms with Crippen molar-refractivity contribution >= 4 is 66.2 Å². The molecule has 202 valence electrons. The van der Waals surface area contributed by atoms with Crippen molar-refractivity contribution in [2.45, 2.75) is 24.0 Å². The second kappa shape index (κ2) is 12.7. The first kappa shape index (κ1) is 28.9. The Labute approximate surface area is 230 Å². The number of nitrogens with zero attached hydrogens (tertiary/aromatic N) is 2. The minimum absolute atomic E-state index is 0.167. The molecule has 0 saturated carbocycles. The summed E-state index contributed by atoms with van der Waals surface area (Å²) in [5.41, 5.74) is 7.55. The zero-order valence-corrected chi connectivity index (χ0v) is 23.6. The number of nitrogens with one attached hydrogen (secondary N) is 4. The van der Waals surface area contributed by atoms with Crippen LogP contribution < -0.4 is 31.7 Å². The minimum atomic E-state index is -3.54. The lowest BCUT2D eigenvalue weighted by atomic mass is 10.2. The fraction of sp³-hybridized carbons (Fsp3) is 0.240. The highest BCUT2D eigenvalue weighted by Gasteiger charge is 2.23. The summed E-state index contributed by atoms with van der Waals surface area (Å²) in [6.45, 7) is 7.62. The molecule has 0 aliphatic rings. The number of hydrogen-bond donors (Lipinski definition) is 5. The summed E-state index contributed by atoms with van der Waals surface area (Å²) in [5, 5.41) is 11.5. The molecule has 0 radical (unpaired) electrons. The second-order valence-corrected chi connectivity index (χ2v) is 11.6. The molecule has 13 heteroatoms. The first-order valence-corrected chi connectivity index (χ1v) is 13.9. The first-order chi connectivity index (χ1) is 18.1. The maximum Gasteiger partial charge on any atom is 0.247 e. The van der Waals surface area contributed by atoms with Gasteiger partial charge in [0.25, 0.3) is 0 Å². The van der Waals surface area contributed by atoms with Crippen molar-refractivity contribution in [2.24, 2.45) is 5.73 Å². The molecular weight excluding hydrogens is 574 g/mol. The predicted octanol–water partition coefficient (Wildman–Crippen LogP) is 4.41. The molecule has 0 atom stereocenters. The second-order valence-electron chi connectivity index (χ2n) is 8.24. The molecule has 11 nitrogen and oxygen atoms in total. The van der Waals surface area contributed by atoms with Gasteiger partial charge in [0, 0.05) is 25.4 Å². The van der Waals surface area contributed by atoms with Gasteiger partial charge < -0.3 is 31.7 Å². The summed E-state index contributed by atoms with van der Waals surface area (Å²) >= 11 is 3.42. The fourth-order valence-electron chi connectivity index (χ4n) is 3.32. The third-order valence-electron chi connectivity index (χ3n) is 5.30. The summed E-state index contributed by atoms with van der Waals surface area (Å²) in [7, 11) is -2.03. The number of halogens is 1. The number of rotatable bonds is 12. The molecule has 3 aromatic rings. The van der Waals surface area contributed by atoms with Crippen molar-refractivity contribution in [2.75, 3.05) is 41.5 Å². The highest BCUT2D eigenvalue weighted by Crippen LogP contribution is 2.37. The summed E-state index contributed by atoms with van der Waals surface area (Å²) in [6, 6.07) is 10.0. The quantitative estimate of drug-likeness (QED) is 0.187. The number of carbonyl (C=O) groups excluding carboxylic acids is 1. The van der Waals surface area contributed by atoms with Crippen molar-refractivity contribution in [1.29, 1.82) is 0 Å². The van der Waals surface area contributed by atoms with Crippen LogP contribution in [0.5, 0.6) is 5.75 Å². The summed E-state index contributed by atoms with van der Waals surface area (Å²) in [4.78, 5) is 21.0. The Kier molecular flexibility index (Phi) is 9.66. The summed E-state index contributed by atoms with van der Waals surface area (Å²) in [5.74, 6) is 0.602. The van der Waals surface area contributed by atoms with Crippen molar-refractivity contribution in [3.05, 3.63) is 59.7 Å². The highest BCUT2D eigenvalue weighted by atomic mass is 79.9. The van der Waals surface area contributed by atoms with E-state index in [1.807, 2.05) is 0 Å². The molecule has 1 heterocycles. The number of amides is 1. The van der Waals surface area contributed by atoms with Gasteiger partial charge in [0.05, 0.1) is 44.5 Å². The average molecular weight is 605 g/mol. The molecule has 38 heavy (non-hydrogen) atoms. The molecule has 3 rings (SSSR count). The molecule has 6 N–H and O–H groups in total. The van der Waals surface area contributed by atoms with E-state index >= 15 is 0 Å². The lowest BCUT2D eigenvalue weighted by Gasteiger charge is -2.18. The lowest BCUT2D eigenvalue weighted by molar-refractivity contribution is -0.111. The van der Waals surface area contributed by atoms with E-state index < -0.39 is 21.0 Å². The Morgan fingerprint density at radius 3 is 2.55 bits per heavy atom. The maximum absolute atomic E-state index is 12.9. The van der Waals surface area contributed by atoms with Crippen molar-refractivity contribution < 1.29 is 17.9 Å². The number of carbonyl (C=O) groups is 1. The monoisotopic (exact) mass is 603 g/mol. The Balaban J connectivity index is 1.99. The number of aromatic nitrogens is 2. The summed E-state index contributed by atoms with van der Waals surface area (Å²) in [6.07, 6.45) is 2.69. The van der Waals surface area contributed by atoms with Crippen LogP contribution in [0.4, 0.5) is 34.5 Å². The molecule has 0 spiro atoms. The molecule has 0 aliphatic carbocycles. The van der Waals surface area contributed by atoms with E-state index in [0.717, 1.165) is 6.08 Å². The van der Waals surface area contributed by atoms with Gasteiger partial charge in [-0.05, 0) is 54.1 Å². The van der Waals surface area contributed by atoms with Gasteiger partial charge in [-0.3, -0.25) is 4.79 Å². The van der Waals surface area contributed by atoms with Gasteiger partial charge in [-0.25, -0.2) is 13.4 Å². The fourth-order valence-corrected chi connectivity index (χ4v) is 4.81. The van der Waals surface area contributed by atoms with Crippen LogP contribution >= 0.6 is 15.9 Å².